The van der Waals surface area contributed by atoms with Gasteiger partial charge in [0.15, 0.2) is 0 Å². The molecule has 0 saturated carbocycles. The van der Waals surface area contributed by atoms with Gasteiger partial charge in [-0.3, -0.25) is 4.79 Å². The van der Waals surface area contributed by atoms with Crippen LogP contribution in [0.3, 0.4) is 0 Å². The summed E-state index contributed by atoms with van der Waals surface area (Å²) in [6.45, 7) is 6.56. The molecule has 0 bridgehead atoms. The fraction of sp³-hybridized carbons (Fsp3) is 0. The Labute approximate surface area is 69.1 Å². The normalized spacial score (nSPS) is 9.42. The Morgan fingerprint density at radius 3 is 2.75 bits per heavy atom. The number of H-pyrrole nitrogens is 1. The van der Waals surface area contributed by atoms with E-state index < -0.39 is 5.83 Å². The summed E-state index contributed by atoms with van der Waals surface area (Å²) in [7, 11) is 0. The van der Waals surface area contributed by atoms with Gasteiger partial charge in [-0.1, -0.05) is 19.2 Å². The smallest absolute Gasteiger partial charge is 0.248 e. The van der Waals surface area contributed by atoms with Crippen LogP contribution in [0, 0.1) is 0 Å². The third-order valence-electron chi connectivity index (χ3n) is 1.44. The highest BCUT2D eigenvalue weighted by Gasteiger charge is 2.02. The first-order chi connectivity index (χ1) is 5.65. The summed E-state index contributed by atoms with van der Waals surface area (Å²) >= 11 is 0. The largest absolute Gasteiger partial charge is 0.319 e. The Balaban J connectivity index is 3.41. The van der Waals surface area contributed by atoms with Gasteiger partial charge in [-0.15, -0.1) is 0 Å². The monoisotopic (exact) mass is 165 g/mol. The standard InChI is InChI=1S/C9H8FNO/c1-3-7-4-5-8(12)11-9(7)6(2)10/h3-5H,1-2H2,(H,11,12). The minimum atomic E-state index is -0.664. The van der Waals surface area contributed by atoms with Gasteiger partial charge in [-0.05, 0) is 6.07 Å². The van der Waals surface area contributed by atoms with Crippen LogP contribution in [0.1, 0.15) is 11.3 Å². The van der Waals surface area contributed by atoms with Crippen molar-refractivity contribution >= 4 is 11.9 Å². The van der Waals surface area contributed by atoms with E-state index in [1.165, 1.54) is 18.2 Å². The van der Waals surface area contributed by atoms with E-state index in [2.05, 4.69) is 18.1 Å². The Morgan fingerprint density at radius 2 is 2.25 bits per heavy atom. The highest BCUT2D eigenvalue weighted by atomic mass is 19.1. The molecule has 62 valence electrons. The molecule has 1 aromatic heterocycles. The van der Waals surface area contributed by atoms with E-state index in [9.17, 15) is 9.18 Å². The lowest BCUT2D eigenvalue weighted by molar-refractivity contribution is 0.754. The molecule has 1 aromatic rings. The molecule has 0 saturated heterocycles. The maximum atomic E-state index is 12.6. The number of hydrogen-bond donors (Lipinski definition) is 1. The Kier molecular flexibility index (Phi) is 2.24. The lowest BCUT2D eigenvalue weighted by Crippen LogP contribution is -2.06. The topological polar surface area (TPSA) is 32.9 Å². The van der Waals surface area contributed by atoms with Crippen LogP contribution in [-0.2, 0) is 0 Å². The molecule has 12 heavy (non-hydrogen) atoms. The van der Waals surface area contributed by atoms with Crippen LogP contribution in [0.15, 0.2) is 30.1 Å². The average Bonchev–Trinajstić information content (AvgIpc) is 2.04. The number of nitrogens with one attached hydrogen (secondary N) is 1. The van der Waals surface area contributed by atoms with Crippen molar-refractivity contribution in [2.24, 2.45) is 0 Å². The van der Waals surface area contributed by atoms with Gasteiger partial charge < -0.3 is 4.98 Å². The number of halogens is 1. The predicted octanol–water partition coefficient (Wildman–Crippen LogP) is 1.96. The summed E-state index contributed by atoms with van der Waals surface area (Å²) < 4.78 is 12.6. The van der Waals surface area contributed by atoms with Crippen molar-refractivity contribution in [2.75, 3.05) is 0 Å². The molecule has 1 rings (SSSR count). The van der Waals surface area contributed by atoms with Gasteiger partial charge in [0.1, 0.15) is 5.83 Å². The van der Waals surface area contributed by atoms with Crippen LogP contribution in [0.4, 0.5) is 4.39 Å². The van der Waals surface area contributed by atoms with Gasteiger partial charge in [0.05, 0.1) is 5.69 Å². The molecule has 0 unspecified atom stereocenters. The molecule has 1 N–H and O–H groups in total. The van der Waals surface area contributed by atoms with Crippen molar-refractivity contribution in [3.8, 4) is 0 Å². The van der Waals surface area contributed by atoms with Crippen molar-refractivity contribution in [3.63, 3.8) is 0 Å². The van der Waals surface area contributed by atoms with Gasteiger partial charge in [-0.25, -0.2) is 4.39 Å². The summed E-state index contributed by atoms with van der Waals surface area (Å²) in [5, 5.41) is 0. The summed E-state index contributed by atoms with van der Waals surface area (Å²) in [4.78, 5) is 13.1. The fourth-order valence-corrected chi connectivity index (χ4v) is 0.880. The lowest BCUT2D eigenvalue weighted by atomic mass is 10.2. The maximum Gasteiger partial charge on any atom is 0.248 e. The zero-order valence-electron chi connectivity index (χ0n) is 6.43. The van der Waals surface area contributed by atoms with Crippen LogP contribution < -0.4 is 5.56 Å². The number of aromatic nitrogens is 1. The predicted molar refractivity (Wildman–Crippen MR) is 47.3 cm³/mol. The number of rotatable bonds is 2. The first-order valence-electron chi connectivity index (χ1n) is 3.35. The minimum Gasteiger partial charge on any atom is -0.319 e. The zero-order valence-corrected chi connectivity index (χ0v) is 6.43. The average molecular weight is 165 g/mol. The highest BCUT2D eigenvalue weighted by Crippen LogP contribution is 2.14. The van der Waals surface area contributed by atoms with Crippen molar-refractivity contribution in [1.82, 2.24) is 4.98 Å². The number of hydrogen-bond acceptors (Lipinski definition) is 1. The first kappa shape index (κ1) is 8.46. The Bertz CT molecular complexity index is 378. The SMILES string of the molecule is C=Cc1ccc(=O)[nH]c1C(=C)F. The van der Waals surface area contributed by atoms with Crippen molar-refractivity contribution in [2.45, 2.75) is 0 Å². The lowest BCUT2D eigenvalue weighted by Gasteiger charge is -2.00. The first-order valence-corrected chi connectivity index (χ1v) is 3.35. The van der Waals surface area contributed by atoms with E-state index in [1.54, 1.807) is 0 Å². The number of aromatic amines is 1. The molecule has 1 heterocycles. The van der Waals surface area contributed by atoms with Crippen LogP contribution in [0.2, 0.25) is 0 Å². The summed E-state index contributed by atoms with van der Waals surface area (Å²) in [5.74, 6) is -0.664. The quantitative estimate of drug-likeness (QED) is 0.713. The second kappa shape index (κ2) is 3.17. The second-order valence-corrected chi connectivity index (χ2v) is 2.26. The molecule has 0 aliphatic carbocycles. The van der Waals surface area contributed by atoms with Gasteiger partial charge >= 0.3 is 0 Å². The summed E-state index contributed by atoms with van der Waals surface area (Å²) in [6.07, 6.45) is 1.45. The van der Waals surface area contributed by atoms with Crippen molar-refractivity contribution in [3.05, 3.63) is 46.9 Å². The molecule has 0 aliphatic heterocycles. The Hall–Kier alpha value is -1.64. The molecular weight excluding hydrogens is 157 g/mol. The van der Waals surface area contributed by atoms with E-state index in [0.29, 0.717) is 5.56 Å². The third-order valence-corrected chi connectivity index (χ3v) is 1.44. The van der Waals surface area contributed by atoms with Gasteiger partial charge in [-0.2, -0.15) is 0 Å². The van der Waals surface area contributed by atoms with Crippen LogP contribution in [0.5, 0.6) is 0 Å². The molecule has 0 amide bonds. The molecule has 0 atom stereocenters. The van der Waals surface area contributed by atoms with Gasteiger partial charge in [0, 0.05) is 11.6 Å². The van der Waals surface area contributed by atoms with E-state index in [-0.39, 0.29) is 11.3 Å². The van der Waals surface area contributed by atoms with Crippen LogP contribution >= 0.6 is 0 Å². The summed E-state index contributed by atoms with van der Waals surface area (Å²) in [5.41, 5.74) is 0.272. The van der Waals surface area contributed by atoms with E-state index in [0.717, 1.165) is 0 Å². The van der Waals surface area contributed by atoms with Crippen LogP contribution in [0.25, 0.3) is 11.9 Å². The van der Waals surface area contributed by atoms with Gasteiger partial charge in [0.25, 0.3) is 0 Å². The molecule has 0 fully saturated rings. The van der Waals surface area contributed by atoms with Crippen molar-refractivity contribution < 1.29 is 4.39 Å². The molecule has 2 nitrogen and oxygen atoms in total. The van der Waals surface area contributed by atoms with E-state index in [1.807, 2.05) is 0 Å². The van der Waals surface area contributed by atoms with Crippen LogP contribution in [-0.4, -0.2) is 4.98 Å². The van der Waals surface area contributed by atoms with E-state index in [4.69, 9.17) is 0 Å². The molecule has 0 radical (unpaired) electrons. The third kappa shape index (κ3) is 1.50. The van der Waals surface area contributed by atoms with Crippen molar-refractivity contribution in [1.29, 1.82) is 0 Å². The minimum absolute atomic E-state index is 0.0949. The second-order valence-electron chi connectivity index (χ2n) is 2.26. The molecule has 0 aliphatic rings. The summed E-state index contributed by atoms with van der Waals surface area (Å²) in [6, 6.07) is 2.80. The number of pyridine rings is 1. The highest BCUT2D eigenvalue weighted by molar-refractivity contribution is 5.65. The maximum absolute atomic E-state index is 12.6. The Morgan fingerprint density at radius 1 is 1.58 bits per heavy atom. The molecule has 0 aromatic carbocycles. The molecular formula is C9H8FNO. The van der Waals surface area contributed by atoms with Gasteiger partial charge in [0.2, 0.25) is 5.56 Å². The molecule has 3 heteroatoms. The fourth-order valence-electron chi connectivity index (χ4n) is 0.880. The van der Waals surface area contributed by atoms with E-state index >= 15 is 0 Å². The zero-order chi connectivity index (χ0) is 9.14. The molecule has 0 spiro atoms.